The highest BCUT2D eigenvalue weighted by molar-refractivity contribution is 9.10. The van der Waals surface area contributed by atoms with Gasteiger partial charge in [-0.15, -0.1) is 0 Å². The van der Waals surface area contributed by atoms with Crippen molar-refractivity contribution >= 4 is 21.6 Å². The summed E-state index contributed by atoms with van der Waals surface area (Å²) in [7, 11) is 0. The zero-order valence-electron chi connectivity index (χ0n) is 9.91. The summed E-state index contributed by atoms with van der Waals surface area (Å²) >= 11 is 3.36. The summed E-state index contributed by atoms with van der Waals surface area (Å²) in [6.07, 6.45) is 0. The number of ether oxygens (including phenoxy) is 1. The van der Waals surface area contributed by atoms with Crippen LogP contribution in [0.3, 0.4) is 0 Å². The summed E-state index contributed by atoms with van der Waals surface area (Å²) in [5.41, 5.74) is 8.23. The van der Waals surface area contributed by atoms with Crippen molar-refractivity contribution in [3.8, 4) is 5.75 Å². The van der Waals surface area contributed by atoms with Gasteiger partial charge in [0.15, 0.2) is 0 Å². The minimum atomic E-state index is -0.283. The Labute approximate surface area is 114 Å². The average Bonchev–Trinajstić information content (AvgIpc) is 2.35. The van der Waals surface area contributed by atoms with E-state index in [1.165, 1.54) is 12.1 Å². The first-order valence-electron chi connectivity index (χ1n) is 5.50. The van der Waals surface area contributed by atoms with Crippen LogP contribution >= 0.6 is 15.9 Å². The molecule has 0 fully saturated rings. The van der Waals surface area contributed by atoms with Gasteiger partial charge in [-0.25, -0.2) is 4.39 Å². The molecule has 0 aliphatic rings. The van der Waals surface area contributed by atoms with E-state index < -0.39 is 0 Å². The molecule has 2 N–H and O–H groups in total. The summed E-state index contributed by atoms with van der Waals surface area (Å²) in [4.78, 5) is 0. The van der Waals surface area contributed by atoms with Crippen LogP contribution in [0.1, 0.15) is 11.1 Å². The average molecular weight is 310 g/mol. The second-order valence-corrected chi connectivity index (χ2v) is 4.87. The number of rotatable bonds is 3. The third-order valence-electron chi connectivity index (χ3n) is 2.68. The molecular formula is C14H13BrFNO. The predicted octanol–water partition coefficient (Wildman–Crippen LogP) is 4.06. The third kappa shape index (κ3) is 2.82. The van der Waals surface area contributed by atoms with Gasteiger partial charge in [-0.1, -0.05) is 28.1 Å². The Balaban J connectivity index is 2.16. The number of hydrogen-bond donors (Lipinski definition) is 1. The fraction of sp³-hybridized carbons (Fsp3) is 0.143. The van der Waals surface area contributed by atoms with E-state index in [0.717, 1.165) is 15.6 Å². The molecule has 0 aromatic heterocycles. The number of aryl methyl sites for hydroxylation is 1. The summed E-state index contributed by atoms with van der Waals surface area (Å²) < 4.78 is 19.5. The van der Waals surface area contributed by atoms with Gasteiger partial charge in [0.25, 0.3) is 0 Å². The fourth-order valence-electron chi connectivity index (χ4n) is 1.59. The molecule has 0 heterocycles. The lowest BCUT2D eigenvalue weighted by Gasteiger charge is -2.11. The molecule has 2 nitrogen and oxygen atoms in total. The van der Waals surface area contributed by atoms with E-state index in [9.17, 15) is 4.39 Å². The lowest BCUT2D eigenvalue weighted by molar-refractivity contribution is 0.306. The fourth-order valence-corrected chi connectivity index (χ4v) is 1.95. The molecule has 2 aromatic carbocycles. The third-order valence-corrected chi connectivity index (χ3v) is 3.45. The van der Waals surface area contributed by atoms with Gasteiger partial charge < -0.3 is 10.5 Å². The van der Waals surface area contributed by atoms with E-state index in [0.29, 0.717) is 11.4 Å². The zero-order chi connectivity index (χ0) is 13.1. The van der Waals surface area contributed by atoms with Crippen molar-refractivity contribution < 1.29 is 9.13 Å². The van der Waals surface area contributed by atoms with Gasteiger partial charge in [0.2, 0.25) is 0 Å². The van der Waals surface area contributed by atoms with Gasteiger partial charge in [0.1, 0.15) is 18.2 Å². The second-order valence-electron chi connectivity index (χ2n) is 4.01. The topological polar surface area (TPSA) is 35.2 Å². The Morgan fingerprint density at radius 3 is 2.83 bits per heavy atom. The quantitative estimate of drug-likeness (QED) is 0.868. The summed E-state index contributed by atoms with van der Waals surface area (Å²) in [5, 5.41) is 0. The Hall–Kier alpha value is -1.55. The number of anilines is 1. The monoisotopic (exact) mass is 309 g/mol. The van der Waals surface area contributed by atoms with E-state index >= 15 is 0 Å². The molecule has 2 aromatic rings. The van der Waals surface area contributed by atoms with E-state index in [4.69, 9.17) is 10.5 Å². The maximum atomic E-state index is 13.1. The van der Waals surface area contributed by atoms with Crippen LogP contribution in [0.5, 0.6) is 5.75 Å². The number of halogens is 2. The van der Waals surface area contributed by atoms with Crippen molar-refractivity contribution in [3.05, 3.63) is 57.8 Å². The molecule has 0 aliphatic heterocycles. The highest BCUT2D eigenvalue weighted by Crippen LogP contribution is 2.26. The molecule has 0 bridgehead atoms. The Morgan fingerprint density at radius 2 is 2.06 bits per heavy atom. The molecule has 0 radical (unpaired) electrons. The minimum absolute atomic E-state index is 0.270. The van der Waals surface area contributed by atoms with Gasteiger partial charge in [0.05, 0.1) is 5.69 Å². The maximum Gasteiger partial charge on any atom is 0.142 e. The minimum Gasteiger partial charge on any atom is -0.487 e. The molecule has 0 saturated carbocycles. The van der Waals surface area contributed by atoms with Crippen LogP contribution in [-0.2, 0) is 6.61 Å². The molecule has 2 rings (SSSR count). The van der Waals surface area contributed by atoms with Crippen molar-refractivity contribution in [2.24, 2.45) is 0 Å². The smallest absolute Gasteiger partial charge is 0.142 e. The van der Waals surface area contributed by atoms with Gasteiger partial charge in [-0.05, 0) is 36.8 Å². The van der Waals surface area contributed by atoms with Crippen molar-refractivity contribution in [3.63, 3.8) is 0 Å². The SMILES string of the molecule is Cc1cccc(OCc2cc(F)ccc2Br)c1N. The number of para-hydroxylation sites is 1. The van der Waals surface area contributed by atoms with E-state index in [-0.39, 0.29) is 12.4 Å². The van der Waals surface area contributed by atoms with Gasteiger partial charge in [-0.3, -0.25) is 0 Å². The Kier molecular flexibility index (Phi) is 3.87. The van der Waals surface area contributed by atoms with Gasteiger partial charge in [0, 0.05) is 10.0 Å². The lowest BCUT2D eigenvalue weighted by Crippen LogP contribution is -2.01. The Bertz CT molecular complexity index is 570. The summed E-state index contributed by atoms with van der Waals surface area (Å²) in [5.74, 6) is 0.333. The largest absolute Gasteiger partial charge is 0.487 e. The highest BCUT2D eigenvalue weighted by atomic mass is 79.9. The highest BCUT2D eigenvalue weighted by Gasteiger charge is 2.06. The van der Waals surface area contributed by atoms with E-state index in [2.05, 4.69) is 15.9 Å². The van der Waals surface area contributed by atoms with Crippen molar-refractivity contribution in [2.75, 3.05) is 5.73 Å². The Morgan fingerprint density at radius 1 is 1.28 bits per heavy atom. The van der Waals surface area contributed by atoms with Crippen LogP contribution < -0.4 is 10.5 Å². The van der Waals surface area contributed by atoms with Crippen molar-refractivity contribution in [2.45, 2.75) is 13.5 Å². The van der Waals surface area contributed by atoms with Crippen LogP contribution in [0.15, 0.2) is 40.9 Å². The van der Waals surface area contributed by atoms with Crippen molar-refractivity contribution in [1.29, 1.82) is 0 Å². The molecule has 0 aliphatic carbocycles. The lowest BCUT2D eigenvalue weighted by atomic mass is 10.2. The first-order chi connectivity index (χ1) is 8.58. The number of hydrogen-bond acceptors (Lipinski definition) is 2. The molecule has 0 saturated heterocycles. The predicted molar refractivity (Wildman–Crippen MR) is 74.0 cm³/mol. The molecule has 18 heavy (non-hydrogen) atoms. The van der Waals surface area contributed by atoms with Crippen LogP contribution in [0.25, 0.3) is 0 Å². The second kappa shape index (κ2) is 5.40. The summed E-state index contributed by atoms with van der Waals surface area (Å²) in [6.45, 7) is 2.19. The normalized spacial score (nSPS) is 10.4. The summed E-state index contributed by atoms with van der Waals surface area (Å²) in [6, 6.07) is 10.1. The molecular weight excluding hydrogens is 297 g/mol. The maximum absolute atomic E-state index is 13.1. The molecule has 0 spiro atoms. The molecule has 94 valence electrons. The number of nitrogens with two attached hydrogens (primary N) is 1. The first kappa shape index (κ1) is 12.9. The number of nitrogen functional groups attached to an aromatic ring is 1. The van der Waals surface area contributed by atoms with Crippen LogP contribution in [0.4, 0.5) is 10.1 Å². The molecule has 0 atom stereocenters. The zero-order valence-corrected chi connectivity index (χ0v) is 11.5. The van der Waals surface area contributed by atoms with E-state index in [1.807, 2.05) is 19.1 Å². The van der Waals surface area contributed by atoms with Crippen LogP contribution in [0.2, 0.25) is 0 Å². The van der Waals surface area contributed by atoms with E-state index in [1.54, 1.807) is 12.1 Å². The molecule has 0 unspecified atom stereocenters. The standard InChI is InChI=1S/C14H13BrFNO/c1-9-3-2-4-13(14(9)17)18-8-10-7-11(16)5-6-12(10)15/h2-7H,8,17H2,1H3. The van der Waals surface area contributed by atoms with Crippen LogP contribution in [0, 0.1) is 12.7 Å². The molecule has 0 amide bonds. The first-order valence-corrected chi connectivity index (χ1v) is 6.29. The molecule has 4 heteroatoms. The van der Waals surface area contributed by atoms with Crippen LogP contribution in [-0.4, -0.2) is 0 Å². The van der Waals surface area contributed by atoms with Gasteiger partial charge in [-0.2, -0.15) is 0 Å². The number of benzene rings is 2. The van der Waals surface area contributed by atoms with Gasteiger partial charge >= 0.3 is 0 Å². The van der Waals surface area contributed by atoms with Crippen molar-refractivity contribution in [1.82, 2.24) is 0 Å².